The number of hydrogen-bond acceptors (Lipinski definition) is 3. The summed E-state index contributed by atoms with van der Waals surface area (Å²) < 4.78 is 27.6. The van der Waals surface area contributed by atoms with E-state index in [1.54, 1.807) is 18.2 Å². The third-order valence-corrected chi connectivity index (χ3v) is 1.94. The molecule has 0 spiro atoms. The van der Waals surface area contributed by atoms with Crippen molar-refractivity contribution in [2.75, 3.05) is 0 Å². The summed E-state index contributed by atoms with van der Waals surface area (Å²) in [5, 5.41) is 0. The van der Waals surface area contributed by atoms with E-state index in [1.807, 2.05) is 13.8 Å². The van der Waals surface area contributed by atoms with E-state index in [1.165, 1.54) is 12.1 Å². The molecule has 2 N–H and O–H groups in total. The van der Waals surface area contributed by atoms with Crippen molar-refractivity contribution in [2.24, 2.45) is 0 Å². The first kappa shape index (κ1) is 11.4. The second-order valence-corrected chi connectivity index (χ2v) is 3.27. The molecule has 4 heteroatoms. The lowest BCUT2D eigenvalue weighted by Gasteiger charge is -2.33. The molecule has 0 aliphatic rings. The highest BCUT2D eigenvalue weighted by Crippen LogP contribution is 2.42. The first-order chi connectivity index (χ1) is 5.61. The van der Waals surface area contributed by atoms with Crippen LogP contribution in [0.15, 0.2) is 35.2 Å². The van der Waals surface area contributed by atoms with Gasteiger partial charge in [-0.05, 0) is 12.1 Å². The third kappa shape index (κ3) is 3.73. The third-order valence-electron chi connectivity index (χ3n) is 1.05. The summed E-state index contributed by atoms with van der Waals surface area (Å²) in [5.41, 5.74) is 0. The van der Waals surface area contributed by atoms with E-state index in [2.05, 4.69) is 0 Å². The molecule has 12 heavy (non-hydrogen) atoms. The molecule has 1 aromatic rings. The van der Waals surface area contributed by atoms with Gasteiger partial charge < -0.3 is 13.7 Å². The topological polar surface area (TPSA) is 63.5 Å². The van der Waals surface area contributed by atoms with Crippen molar-refractivity contribution < 1.29 is 13.7 Å². The van der Waals surface area contributed by atoms with Gasteiger partial charge in [0.05, 0.1) is 0 Å². The lowest BCUT2D eigenvalue weighted by atomic mass is 10.4. The zero-order valence-corrected chi connectivity index (χ0v) is 7.91. The summed E-state index contributed by atoms with van der Waals surface area (Å²) in [7, 11) is -3.75. The SMILES string of the molecule is CC.[O-]S(O)(O)c1ccccc1. The molecule has 0 unspecified atom stereocenters. The van der Waals surface area contributed by atoms with Crippen LogP contribution in [0.25, 0.3) is 0 Å². The van der Waals surface area contributed by atoms with Crippen LogP contribution >= 0.6 is 10.9 Å². The fraction of sp³-hybridized carbons (Fsp3) is 0.250. The predicted octanol–water partition coefficient (Wildman–Crippen LogP) is 2.95. The Balaban J connectivity index is 0.000000561. The van der Waals surface area contributed by atoms with Gasteiger partial charge in [-0.1, -0.05) is 42.9 Å². The second-order valence-electron chi connectivity index (χ2n) is 1.81. The van der Waals surface area contributed by atoms with Gasteiger partial charge in [-0.2, -0.15) is 0 Å². The molecule has 0 fully saturated rings. The summed E-state index contributed by atoms with van der Waals surface area (Å²) in [5.74, 6) is 0. The van der Waals surface area contributed by atoms with Gasteiger partial charge in [0.2, 0.25) is 0 Å². The van der Waals surface area contributed by atoms with E-state index in [4.69, 9.17) is 9.11 Å². The average Bonchev–Trinajstić information content (AvgIpc) is 2.08. The molecule has 0 saturated carbocycles. The minimum atomic E-state index is -3.75. The highest BCUT2D eigenvalue weighted by atomic mass is 32.3. The van der Waals surface area contributed by atoms with Gasteiger partial charge >= 0.3 is 0 Å². The molecule has 0 aliphatic carbocycles. The summed E-state index contributed by atoms with van der Waals surface area (Å²) >= 11 is 0. The highest BCUT2D eigenvalue weighted by molar-refractivity contribution is 8.19. The first-order valence-electron chi connectivity index (χ1n) is 3.65. The van der Waals surface area contributed by atoms with Gasteiger partial charge in [-0.15, -0.1) is 0 Å². The van der Waals surface area contributed by atoms with Crippen molar-refractivity contribution in [1.29, 1.82) is 0 Å². The van der Waals surface area contributed by atoms with Crippen molar-refractivity contribution in [3.63, 3.8) is 0 Å². The van der Waals surface area contributed by atoms with Crippen LogP contribution in [0.4, 0.5) is 0 Å². The Hall–Kier alpha value is -0.550. The molecule has 3 nitrogen and oxygen atoms in total. The Morgan fingerprint density at radius 3 is 1.75 bits per heavy atom. The Kier molecular flexibility index (Phi) is 4.92. The average molecular weight is 189 g/mol. The van der Waals surface area contributed by atoms with Crippen LogP contribution in [-0.2, 0) is 0 Å². The van der Waals surface area contributed by atoms with Gasteiger partial charge in [0.1, 0.15) is 0 Å². The fourth-order valence-corrected chi connectivity index (χ4v) is 1.11. The molecule has 1 aromatic carbocycles. The van der Waals surface area contributed by atoms with Crippen molar-refractivity contribution in [3.05, 3.63) is 30.3 Å². The van der Waals surface area contributed by atoms with Gasteiger partial charge in [0.15, 0.2) is 0 Å². The zero-order valence-electron chi connectivity index (χ0n) is 7.10. The van der Waals surface area contributed by atoms with Crippen LogP contribution in [0.3, 0.4) is 0 Å². The van der Waals surface area contributed by atoms with Gasteiger partial charge in [0.25, 0.3) is 0 Å². The smallest absolute Gasteiger partial charge is 0.0235 e. The van der Waals surface area contributed by atoms with Gasteiger partial charge in [-0.25, -0.2) is 0 Å². The lowest BCUT2D eigenvalue weighted by molar-refractivity contribution is 0.361. The van der Waals surface area contributed by atoms with Crippen LogP contribution < -0.4 is 0 Å². The molecule has 0 saturated heterocycles. The first-order valence-corrected chi connectivity index (χ1v) is 5.12. The maximum Gasteiger partial charge on any atom is 0.0235 e. The Morgan fingerprint density at radius 1 is 1.08 bits per heavy atom. The number of hydrogen-bond donors (Lipinski definition) is 2. The van der Waals surface area contributed by atoms with Crippen molar-refractivity contribution in [2.45, 2.75) is 18.7 Å². The highest BCUT2D eigenvalue weighted by Gasteiger charge is 2.01. The van der Waals surface area contributed by atoms with Crippen molar-refractivity contribution in [3.8, 4) is 0 Å². The van der Waals surface area contributed by atoms with Crippen LogP contribution in [-0.4, -0.2) is 13.7 Å². The maximum absolute atomic E-state index is 10.5. The van der Waals surface area contributed by atoms with Crippen LogP contribution in [0.2, 0.25) is 0 Å². The Labute approximate surface area is 74.2 Å². The summed E-state index contributed by atoms with van der Waals surface area (Å²) in [6, 6.07) is 7.65. The largest absolute Gasteiger partial charge is 0.769 e. The Bertz CT molecular complexity index is 205. The van der Waals surface area contributed by atoms with Crippen LogP contribution in [0, 0.1) is 0 Å². The molecule has 0 aliphatic heterocycles. The molecule has 0 amide bonds. The van der Waals surface area contributed by atoms with Crippen molar-refractivity contribution in [1.82, 2.24) is 0 Å². The monoisotopic (exact) mass is 189 g/mol. The van der Waals surface area contributed by atoms with E-state index in [-0.39, 0.29) is 4.90 Å². The summed E-state index contributed by atoms with van der Waals surface area (Å²) in [6.07, 6.45) is 0. The van der Waals surface area contributed by atoms with Crippen LogP contribution in [0.1, 0.15) is 13.8 Å². The second kappa shape index (κ2) is 5.16. The molecule has 70 valence electrons. The summed E-state index contributed by atoms with van der Waals surface area (Å²) in [4.78, 5) is 0.0370. The maximum atomic E-state index is 10.5. The van der Waals surface area contributed by atoms with Gasteiger partial charge in [0, 0.05) is 4.90 Å². The molecule has 1 rings (SSSR count). The molecular weight excluding hydrogens is 176 g/mol. The van der Waals surface area contributed by atoms with Crippen molar-refractivity contribution >= 4 is 10.9 Å². The molecular formula is C8H13O3S-. The minimum Gasteiger partial charge on any atom is -0.769 e. The van der Waals surface area contributed by atoms with E-state index in [9.17, 15) is 4.55 Å². The standard InChI is InChI=1S/C6H8O3S.C2H6/c7-10(8,9)6-4-2-1-3-5-6;1-2/h1-5,7-9H;1-2H3/p-1. The quantitative estimate of drug-likeness (QED) is 0.713. The lowest BCUT2D eigenvalue weighted by Crippen LogP contribution is -1.94. The molecule has 0 heterocycles. The molecule has 0 radical (unpaired) electrons. The summed E-state index contributed by atoms with van der Waals surface area (Å²) in [6.45, 7) is 4.00. The van der Waals surface area contributed by atoms with E-state index in [0.29, 0.717) is 0 Å². The molecule has 0 atom stereocenters. The zero-order chi connectivity index (χ0) is 9.61. The molecule has 0 bridgehead atoms. The fourth-order valence-electron chi connectivity index (χ4n) is 0.598. The van der Waals surface area contributed by atoms with E-state index < -0.39 is 10.9 Å². The normalized spacial score (nSPS) is 11.4. The van der Waals surface area contributed by atoms with Crippen LogP contribution in [0.5, 0.6) is 0 Å². The number of benzene rings is 1. The van der Waals surface area contributed by atoms with E-state index in [0.717, 1.165) is 0 Å². The van der Waals surface area contributed by atoms with Gasteiger partial charge in [-0.3, -0.25) is 0 Å². The molecule has 0 aromatic heterocycles. The Morgan fingerprint density at radius 2 is 1.50 bits per heavy atom. The van der Waals surface area contributed by atoms with E-state index >= 15 is 0 Å². The predicted molar refractivity (Wildman–Crippen MR) is 49.7 cm³/mol. The number of rotatable bonds is 1. The minimum absolute atomic E-state index is 0.0370.